The van der Waals surface area contributed by atoms with Gasteiger partial charge in [-0.15, -0.1) is 0 Å². The van der Waals surface area contributed by atoms with Gasteiger partial charge >= 0.3 is 24.2 Å². The fraction of sp³-hybridized carbons (Fsp3) is 0.875. The lowest BCUT2D eigenvalue weighted by atomic mass is 10.2. The van der Waals surface area contributed by atoms with E-state index in [2.05, 4.69) is 0 Å². The third-order valence-electron chi connectivity index (χ3n) is 6.91. The van der Waals surface area contributed by atoms with Gasteiger partial charge in [0.1, 0.15) is 13.2 Å². The Morgan fingerprint density at radius 1 is 0.444 bits per heavy atom. The molecule has 4 amide bonds. The van der Waals surface area contributed by atoms with Crippen molar-refractivity contribution in [1.82, 2.24) is 20.4 Å². The van der Waals surface area contributed by atoms with Crippen LogP contribution < -0.4 is 10.6 Å². The quantitative estimate of drug-likeness (QED) is 0.0688. The Hall–Kier alpha value is -2.86. The zero-order valence-electron chi connectivity index (χ0n) is 31.0. The summed E-state index contributed by atoms with van der Waals surface area (Å²) >= 11 is 0. The van der Waals surface area contributed by atoms with E-state index in [0.717, 1.165) is 0 Å². The van der Waals surface area contributed by atoms with Crippen molar-refractivity contribution in [1.29, 1.82) is 0 Å². The van der Waals surface area contributed by atoms with E-state index >= 15 is 0 Å². The number of nitrogens with one attached hydrogen (secondary N) is 2. The minimum Gasteiger partial charge on any atom is -0.382 e. The van der Waals surface area contributed by atoms with Crippen LogP contribution in [-0.2, 0) is 57.1 Å². The molecule has 0 aromatic rings. The van der Waals surface area contributed by atoms with Gasteiger partial charge in [-0.3, -0.25) is 19.2 Å². The Labute approximate surface area is 311 Å². The minimum absolute atomic E-state index is 0.00756. The first-order valence-corrected chi connectivity index (χ1v) is 17.4. The molecule has 0 aromatic heterocycles. The van der Waals surface area contributed by atoms with Crippen LogP contribution in [0, 0.1) is 0 Å². The van der Waals surface area contributed by atoms with Crippen molar-refractivity contribution < 1.29 is 83.4 Å². The van der Waals surface area contributed by atoms with Crippen LogP contribution in [0.5, 0.6) is 0 Å². The fourth-order valence-electron chi connectivity index (χ4n) is 4.14. The molecular weight excluding hydrogens is 746 g/mol. The number of unbranched alkanes of at least 4 members (excludes halogenated alkanes) is 1. The molecule has 0 aliphatic heterocycles. The standard InChI is InChI=1S/C32H56F6N4O12/c1-47-13-15-49-17-19-51-21-23-53-25-27(43)41(11-5-7-39-29(45)31(33,34)35)9-3-4-10-42(12-6-8-40-30(46)32(36,37)38)28(44)26-54-24-22-52-20-18-50-16-14-48-2/h3-26H2,1-2H3,(H,39,45)(H,40,46). The number of rotatable bonds is 35. The number of carbonyl (C=O) groups is 4. The first kappa shape index (κ1) is 51.1. The van der Waals surface area contributed by atoms with Crippen molar-refractivity contribution in [2.24, 2.45) is 0 Å². The minimum atomic E-state index is -5.05. The summed E-state index contributed by atoms with van der Waals surface area (Å²) in [5, 5.41) is 3.50. The SMILES string of the molecule is COCCOCCOCCOCC(=O)N(CCCCN(CCCNC(=O)C(F)(F)F)C(=O)COCCOCCOCCOC)CCCNC(=O)C(F)(F)F. The van der Waals surface area contributed by atoms with Gasteiger partial charge in [-0.1, -0.05) is 0 Å². The maximum absolute atomic E-state index is 12.9. The maximum Gasteiger partial charge on any atom is 0.471 e. The highest BCUT2D eigenvalue weighted by Crippen LogP contribution is 2.15. The molecular formula is C32H56F6N4O12. The van der Waals surface area contributed by atoms with Crippen LogP contribution in [0.3, 0.4) is 0 Å². The number of hydrogen-bond donors (Lipinski definition) is 2. The molecule has 22 heteroatoms. The number of hydrogen-bond acceptors (Lipinski definition) is 12. The molecule has 16 nitrogen and oxygen atoms in total. The normalized spacial score (nSPS) is 11.8. The number of methoxy groups -OCH3 is 2. The number of amides is 4. The zero-order chi connectivity index (χ0) is 40.5. The largest absolute Gasteiger partial charge is 0.471 e. The van der Waals surface area contributed by atoms with E-state index in [9.17, 15) is 45.5 Å². The lowest BCUT2D eigenvalue weighted by Gasteiger charge is -2.25. The molecule has 54 heavy (non-hydrogen) atoms. The number of nitrogens with zero attached hydrogens (tertiary/aromatic N) is 2. The highest BCUT2D eigenvalue weighted by Gasteiger charge is 2.38. The van der Waals surface area contributed by atoms with Gasteiger partial charge < -0.3 is 58.3 Å². The number of carbonyl (C=O) groups excluding carboxylic acids is 4. The van der Waals surface area contributed by atoms with Gasteiger partial charge in [-0.05, 0) is 25.7 Å². The van der Waals surface area contributed by atoms with E-state index in [1.54, 1.807) is 24.9 Å². The molecule has 0 atom stereocenters. The van der Waals surface area contributed by atoms with E-state index in [1.165, 1.54) is 9.80 Å². The molecule has 0 aromatic carbocycles. The summed E-state index contributed by atoms with van der Waals surface area (Å²) < 4.78 is 117. The van der Waals surface area contributed by atoms with Gasteiger partial charge in [-0.2, -0.15) is 26.3 Å². The van der Waals surface area contributed by atoms with Crippen LogP contribution in [0.25, 0.3) is 0 Å². The Morgan fingerprint density at radius 2 is 0.722 bits per heavy atom. The van der Waals surface area contributed by atoms with Crippen LogP contribution in [0.2, 0.25) is 0 Å². The smallest absolute Gasteiger partial charge is 0.382 e. The van der Waals surface area contributed by atoms with Crippen LogP contribution in [0.1, 0.15) is 25.7 Å². The summed E-state index contributed by atoms with van der Waals surface area (Å²) in [7, 11) is 3.10. The summed E-state index contributed by atoms with van der Waals surface area (Å²) in [6, 6.07) is 0. The first-order chi connectivity index (χ1) is 25.7. The number of ether oxygens (including phenoxy) is 8. The number of alkyl halides is 6. The van der Waals surface area contributed by atoms with Crippen LogP contribution in [0.4, 0.5) is 26.3 Å². The predicted octanol–water partition coefficient (Wildman–Crippen LogP) is 0.953. The molecule has 0 saturated carbocycles. The highest BCUT2D eigenvalue weighted by molar-refractivity contribution is 5.82. The van der Waals surface area contributed by atoms with Gasteiger partial charge in [0.2, 0.25) is 11.8 Å². The van der Waals surface area contributed by atoms with Crippen molar-refractivity contribution in [3.05, 3.63) is 0 Å². The molecule has 0 bridgehead atoms. The average Bonchev–Trinajstić information content (AvgIpc) is 3.11. The molecule has 0 rings (SSSR count). The molecule has 0 saturated heterocycles. The van der Waals surface area contributed by atoms with Crippen molar-refractivity contribution >= 4 is 23.6 Å². The van der Waals surface area contributed by atoms with Crippen molar-refractivity contribution in [2.45, 2.75) is 38.0 Å². The van der Waals surface area contributed by atoms with Crippen molar-refractivity contribution in [3.8, 4) is 0 Å². The second-order valence-electron chi connectivity index (χ2n) is 11.2. The predicted molar refractivity (Wildman–Crippen MR) is 178 cm³/mol. The first-order valence-electron chi connectivity index (χ1n) is 17.4. The molecule has 2 N–H and O–H groups in total. The van der Waals surface area contributed by atoms with E-state index in [4.69, 9.17) is 37.9 Å². The Kier molecular flexibility index (Phi) is 30.7. The average molecular weight is 803 g/mol. The van der Waals surface area contributed by atoms with Crippen molar-refractivity contribution in [2.75, 3.05) is 146 Å². The summed E-state index contributed by atoms with van der Waals surface area (Å²) in [4.78, 5) is 50.8. The van der Waals surface area contributed by atoms with Crippen LogP contribution in [-0.4, -0.2) is 192 Å². The van der Waals surface area contributed by atoms with Gasteiger partial charge in [0.05, 0.1) is 79.3 Å². The van der Waals surface area contributed by atoms with Crippen molar-refractivity contribution in [3.63, 3.8) is 0 Å². The van der Waals surface area contributed by atoms with Crippen LogP contribution in [0.15, 0.2) is 0 Å². The second-order valence-corrected chi connectivity index (χ2v) is 11.2. The molecule has 0 aliphatic rings. The van der Waals surface area contributed by atoms with E-state index in [-0.39, 0.29) is 91.8 Å². The van der Waals surface area contributed by atoms with Gasteiger partial charge in [0.25, 0.3) is 0 Å². The summed E-state index contributed by atoms with van der Waals surface area (Å²) in [5.74, 6) is -5.14. The molecule has 0 spiro atoms. The molecule has 0 radical (unpaired) electrons. The monoisotopic (exact) mass is 802 g/mol. The third-order valence-corrected chi connectivity index (χ3v) is 6.91. The lowest BCUT2D eigenvalue weighted by Crippen LogP contribution is -2.41. The van der Waals surface area contributed by atoms with E-state index in [1.807, 2.05) is 0 Å². The summed E-state index contributed by atoms with van der Waals surface area (Å²) in [5.41, 5.74) is 0. The van der Waals surface area contributed by atoms with Gasteiger partial charge in [-0.25, -0.2) is 0 Å². The van der Waals surface area contributed by atoms with E-state index < -0.39 is 36.0 Å². The second kappa shape index (κ2) is 32.4. The summed E-state index contributed by atoms with van der Waals surface area (Å²) in [6.07, 6.45) is -9.43. The highest BCUT2D eigenvalue weighted by atomic mass is 19.4. The Bertz CT molecular complexity index is 923. The maximum atomic E-state index is 12.9. The fourth-order valence-corrected chi connectivity index (χ4v) is 4.14. The summed E-state index contributed by atoms with van der Waals surface area (Å²) in [6.45, 7) is 2.35. The topological polar surface area (TPSA) is 173 Å². The number of halogens is 6. The van der Waals surface area contributed by atoms with Crippen LogP contribution >= 0.6 is 0 Å². The zero-order valence-corrected chi connectivity index (χ0v) is 31.0. The molecule has 0 unspecified atom stereocenters. The Morgan fingerprint density at radius 3 is 1.02 bits per heavy atom. The van der Waals surface area contributed by atoms with E-state index in [0.29, 0.717) is 65.7 Å². The molecule has 0 aliphatic carbocycles. The van der Waals surface area contributed by atoms with Gasteiger partial charge in [0.15, 0.2) is 0 Å². The molecule has 0 heterocycles. The Balaban J connectivity index is 5.01. The lowest BCUT2D eigenvalue weighted by molar-refractivity contribution is -0.173. The molecule has 0 fully saturated rings. The van der Waals surface area contributed by atoms with Gasteiger partial charge in [0, 0.05) is 53.5 Å². The molecule has 318 valence electrons. The third kappa shape index (κ3) is 29.5.